The van der Waals surface area contributed by atoms with Crippen molar-refractivity contribution < 1.29 is 76.0 Å². The van der Waals surface area contributed by atoms with Gasteiger partial charge in [0.15, 0.2) is 0 Å². The molecule has 23 heavy (non-hydrogen) atoms. The van der Waals surface area contributed by atoms with Crippen molar-refractivity contribution in [2.75, 3.05) is 0 Å². The number of nitrogens with one attached hydrogen (secondary N) is 1. The van der Waals surface area contributed by atoms with Crippen LogP contribution < -0.4 is 61.8 Å². The largest absolute Gasteiger partial charge is 1.00 e. The predicted molar refractivity (Wildman–Crippen MR) is 80.9 cm³/mol. The minimum absolute atomic E-state index is 0. The van der Waals surface area contributed by atoms with Gasteiger partial charge in [0, 0.05) is 5.97 Å². The molecule has 0 aromatic carbocycles. The molecule has 0 spiro atoms. The van der Waals surface area contributed by atoms with Crippen LogP contribution in [0.4, 0.5) is 0 Å². The van der Waals surface area contributed by atoms with Crippen LogP contribution in [-0.4, -0.2) is 29.0 Å². The molecule has 0 heterocycles. The van der Waals surface area contributed by atoms with Crippen molar-refractivity contribution in [1.82, 2.24) is 5.32 Å². The number of hydrogen-bond acceptors (Lipinski definition) is 4. The molecule has 0 rings (SSSR count). The Hall–Kier alpha value is -0.214. The molecule has 0 aliphatic carbocycles. The van der Waals surface area contributed by atoms with Crippen molar-refractivity contribution in [1.29, 1.82) is 0 Å². The predicted octanol–water partition coefficient (Wildman–Crippen LogP) is -1.60. The number of amides is 1. The van der Waals surface area contributed by atoms with Gasteiger partial charge >= 0.3 is 57.4 Å². The van der Waals surface area contributed by atoms with Gasteiger partial charge in [-0.15, -0.1) is 0 Å². The van der Waals surface area contributed by atoms with Gasteiger partial charge in [-0.2, -0.15) is 0 Å². The summed E-state index contributed by atoms with van der Waals surface area (Å²) >= 11 is 0. The topological polar surface area (TPSA) is 107 Å². The molecule has 6 nitrogen and oxygen atoms in total. The molecule has 1 amide bonds. The van der Waals surface area contributed by atoms with E-state index in [4.69, 9.17) is 5.11 Å². The van der Waals surface area contributed by atoms with E-state index in [-0.39, 0.29) is 57.8 Å². The van der Waals surface area contributed by atoms with Crippen molar-refractivity contribution in [2.45, 2.75) is 70.8 Å². The van der Waals surface area contributed by atoms with Gasteiger partial charge in [-0.3, -0.25) is 4.79 Å². The summed E-state index contributed by atoms with van der Waals surface area (Å²) in [5.74, 6) is -3.10. The third kappa shape index (κ3) is 16.4. The molecular formula is C16H26KNO5. The number of carboxylic acid groups (broad SMARTS) is 2. The van der Waals surface area contributed by atoms with Gasteiger partial charge in [-0.25, -0.2) is 4.79 Å². The van der Waals surface area contributed by atoms with Crippen LogP contribution in [-0.2, 0) is 14.4 Å². The zero-order valence-corrected chi connectivity index (χ0v) is 17.3. The van der Waals surface area contributed by atoms with E-state index < -0.39 is 30.3 Å². The van der Waals surface area contributed by atoms with Crippen LogP contribution >= 0.6 is 0 Å². The quantitative estimate of drug-likeness (QED) is 0.236. The molecule has 0 aromatic rings. The molecule has 0 saturated heterocycles. The monoisotopic (exact) mass is 351 g/mol. The van der Waals surface area contributed by atoms with E-state index >= 15 is 0 Å². The van der Waals surface area contributed by atoms with E-state index in [0.717, 1.165) is 19.3 Å². The molecule has 0 unspecified atom stereocenters. The van der Waals surface area contributed by atoms with Gasteiger partial charge in [-0.1, -0.05) is 45.1 Å². The number of allylic oxidation sites excluding steroid dienone is 1. The second kappa shape index (κ2) is 16.6. The summed E-state index contributed by atoms with van der Waals surface area (Å²) in [5, 5.41) is 21.5. The number of rotatable bonds is 13. The van der Waals surface area contributed by atoms with E-state index in [0.29, 0.717) is 0 Å². The molecule has 0 aliphatic rings. The smallest absolute Gasteiger partial charge is 0.550 e. The number of carbonyl (C=O) groups is 3. The fourth-order valence-electron chi connectivity index (χ4n) is 1.97. The van der Waals surface area contributed by atoms with Crippen molar-refractivity contribution >= 4 is 17.8 Å². The number of carbonyl (C=O) groups excluding carboxylic acids is 2. The van der Waals surface area contributed by atoms with E-state index in [1.807, 2.05) is 0 Å². The van der Waals surface area contributed by atoms with Gasteiger partial charge < -0.3 is 20.3 Å². The fourth-order valence-corrected chi connectivity index (χ4v) is 1.97. The number of unbranched alkanes of at least 4 members (excludes halogenated alkanes) is 6. The molecule has 2 N–H and O–H groups in total. The average molecular weight is 351 g/mol. The Bertz CT molecular complexity index is 385. The summed E-state index contributed by atoms with van der Waals surface area (Å²) in [5.41, 5.74) is 0. The molecule has 0 aliphatic heterocycles. The Morgan fingerprint density at radius 1 is 1.13 bits per heavy atom. The maximum absolute atomic E-state index is 11.6. The van der Waals surface area contributed by atoms with Crippen molar-refractivity contribution in [3.05, 3.63) is 12.2 Å². The fraction of sp³-hybridized carbons (Fsp3) is 0.688. The van der Waals surface area contributed by atoms with Crippen LogP contribution in [0.5, 0.6) is 0 Å². The summed E-state index contributed by atoms with van der Waals surface area (Å²) in [4.78, 5) is 32.8. The first-order chi connectivity index (χ1) is 10.5. The summed E-state index contributed by atoms with van der Waals surface area (Å²) in [7, 11) is 0. The van der Waals surface area contributed by atoms with Crippen LogP contribution in [0.2, 0.25) is 0 Å². The summed E-state index contributed by atoms with van der Waals surface area (Å²) in [6.07, 6.45) is 10.2. The Morgan fingerprint density at radius 3 is 2.30 bits per heavy atom. The van der Waals surface area contributed by atoms with E-state index in [2.05, 4.69) is 12.2 Å². The maximum atomic E-state index is 11.6. The third-order valence-electron chi connectivity index (χ3n) is 3.25. The van der Waals surface area contributed by atoms with Gasteiger partial charge in [0.1, 0.15) is 6.04 Å². The van der Waals surface area contributed by atoms with Crippen LogP contribution in [0.15, 0.2) is 12.2 Å². The Morgan fingerprint density at radius 2 is 1.74 bits per heavy atom. The van der Waals surface area contributed by atoms with E-state index in [1.54, 1.807) is 6.08 Å². The van der Waals surface area contributed by atoms with Crippen LogP contribution in [0.3, 0.4) is 0 Å². The molecule has 1 atom stereocenters. The Balaban J connectivity index is 0. The molecule has 0 radical (unpaired) electrons. The Labute approximate surface area is 180 Å². The number of carboxylic acids is 2. The summed E-state index contributed by atoms with van der Waals surface area (Å²) in [6.45, 7) is 2.17. The molecule has 0 fully saturated rings. The SMILES string of the molecule is CCCCCCCCC=CC(=O)N[C@@H](CCC(=O)[O-])C(=O)O.[K+]. The first-order valence-corrected chi connectivity index (χ1v) is 7.87. The van der Waals surface area contributed by atoms with E-state index in [1.165, 1.54) is 31.8 Å². The Kier molecular flexibility index (Phi) is 18.1. The molecule has 126 valence electrons. The first kappa shape index (κ1) is 25.0. The standard InChI is InChI=1S/C16H27NO5.K/c1-2-3-4-5-6-7-8-9-10-14(18)17-13(16(21)22)11-12-15(19)20;/h9-10,13H,2-8,11-12H2,1H3,(H,17,18)(H,19,20)(H,21,22);/q;+1/p-1/t13-;/m0./s1. The minimum atomic E-state index is -1.33. The van der Waals surface area contributed by atoms with Crippen LogP contribution in [0.25, 0.3) is 0 Å². The second-order valence-electron chi connectivity index (χ2n) is 5.27. The van der Waals surface area contributed by atoms with Crippen LogP contribution in [0.1, 0.15) is 64.7 Å². The zero-order chi connectivity index (χ0) is 16.8. The summed E-state index contributed by atoms with van der Waals surface area (Å²) < 4.78 is 0. The van der Waals surface area contributed by atoms with Crippen LogP contribution in [0, 0.1) is 0 Å². The molecule has 0 saturated carbocycles. The first-order valence-electron chi connectivity index (χ1n) is 7.87. The second-order valence-corrected chi connectivity index (χ2v) is 5.27. The van der Waals surface area contributed by atoms with Crippen molar-refractivity contribution in [2.24, 2.45) is 0 Å². The van der Waals surface area contributed by atoms with Crippen molar-refractivity contribution in [3.63, 3.8) is 0 Å². The normalized spacial score (nSPS) is 11.7. The minimum Gasteiger partial charge on any atom is -0.550 e. The van der Waals surface area contributed by atoms with Crippen molar-refractivity contribution in [3.8, 4) is 0 Å². The zero-order valence-electron chi connectivity index (χ0n) is 14.2. The number of hydrogen-bond donors (Lipinski definition) is 2. The molecule has 0 aromatic heterocycles. The third-order valence-corrected chi connectivity index (χ3v) is 3.25. The van der Waals surface area contributed by atoms with E-state index in [9.17, 15) is 19.5 Å². The van der Waals surface area contributed by atoms with Gasteiger partial charge in [0.25, 0.3) is 0 Å². The average Bonchev–Trinajstić information content (AvgIpc) is 2.45. The van der Waals surface area contributed by atoms with Gasteiger partial charge in [0.05, 0.1) is 0 Å². The summed E-state index contributed by atoms with van der Waals surface area (Å²) in [6, 6.07) is -1.20. The number of aliphatic carboxylic acids is 2. The molecule has 0 bridgehead atoms. The van der Waals surface area contributed by atoms with Gasteiger partial charge in [0.2, 0.25) is 5.91 Å². The molecule has 7 heteroatoms. The molecular weight excluding hydrogens is 325 g/mol. The maximum Gasteiger partial charge on any atom is 1.00 e. The van der Waals surface area contributed by atoms with Gasteiger partial charge in [-0.05, 0) is 31.8 Å².